The number of hydrogen-bond donors (Lipinski definition) is 0. The third kappa shape index (κ3) is 48.6. The SMILES string of the molecule is CC/C=C\C/C=C\C/C=C\C/C=C\C/C=C\CCCC(=O)OCC(COC(=O)CCCCCCC/C=C\CCCCCCC)OC(=O)C/C=C\C/C=C\C/C=C\C/C=C\C/C=C\CC. The Morgan fingerprint density at radius 2 is 0.672 bits per heavy atom. The van der Waals surface area contributed by atoms with Crippen LogP contribution in [0.5, 0.6) is 0 Å². The fraction of sp³-hybridized carbons (Fsp3) is 0.569. The normalized spacial score (nSPS) is 13.2. The Balaban J connectivity index is 4.64. The molecular formula is C58H90O6. The zero-order valence-corrected chi connectivity index (χ0v) is 40.7. The van der Waals surface area contributed by atoms with Gasteiger partial charge in [-0.2, -0.15) is 0 Å². The van der Waals surface area contributed by atoms with Crippen LogP contribution >= 0.6 is 0 Å². The molecule has 0 fully saturated rings. The number of carbonyl (C=O) groups is 3. The molecule has 0 amide bonds. The molecule has 0 aliphatic rings. The first-order valence-electron chi connectivity index (χ1n) is 25.2. The summed E-state index contributed by atoms with van der Waals surface area (Å²) in [6, 6.07) is 0. The van der Waals surface area contributed by atoms with Gasteiger partial charge in [0, 0.05) is 12.8 Å². The van der Waals surface area contributed by atoms with E-state index in [1.165, 1.54) is 44.9 Å². The van der Waals surface area contributed by atoms with Gasteiger partial charge in [0.2, 0.25) is 0 Å². The molecule has 0 saturated heterocycles. The van der Waals surface area contributed by atoms with Crippen molar-refractivity contribution in [3.05, 3.63) is 134 Å². The van der Waals surface area contributed by atoms with Crippen molar-refractivity contribution in [2.75, 3.05) is 13.2 Å². The van der Waals surface area contributed by atoms with Gasteiger partial charge in [0.15, 0.2) is 6.10 Å². The van der Waals surface area contributed by atoms with Gasteiger partial charge < -0.3 is 14.2 Å². The molecule has 0 saturated carbocycles. The van der Waals surface area contributed by atoms with Gasteiger partial charge in [-0.3, -0.25) is 14.4 Å². The third-order valence-corrected chi connectivity index (χ3v) is 9.90. The Morgan fingerprint density at radius 1 is 0.344 bits per heavy atom. The van der Waals surface area contributed by atoms with Gasteiger partial charge in [-0.25, -0.2) is 0 Å². The molecule has 1 unspecified atom stereocenters. The van der Waals surface area contributed by atoms with E-state index >= 15 is 0 Å². The average molecular weight is 883 g/mol. The van der Waals surface area contributed by atoms with Crippen LogP contribution in [-0.2, 0) is 28.6 Å². The van der Waals surface area contributed by atoms with Crippen LogP contribution in [-0.4, -0.2) is 37.2 Å². The van der Waals surface area contributed by atoms with Crippen molar-refractivity contribution in [3.63, 3.8) is 0 Å². The lowest BCUT2D eigenvalue weighted by Gasteiger charge is -2.18. The highest BCUT2D eigenvalue weighted by Gasteiger charge is 2.19. The van der Waals surface area contributed by atoms with Crippen LogP contribution in [0.15, 0.2) is 134 Å². The second-order valence-corrected chi connectivity index (χ2v) is 16.0. The summed E-state index contributed by atoms with van der Waals surface area (Å²) in [4.78, 5) is 37.9. The maximum atomic E-state index is 12.7. The molecule has 0 radical (unpaired) electrons. The van der Waals surface area contributed by atoms with Gasteiger partial charge in [0.25, 0.3) is 0 Å². The minimum absolute atomic E-state index is 0.0774. The lowest BCUT2D eigenvalue weighted by atomic mass is 10.1. The van der Waals surface area contributed by atoms with Crippen molar-refractivity contribution in [2.45, 2.75) is 200 Å². The smallest absolute Gasteiger partial charge is 0.310 e. The summed E-state index contributed by atoms with van der Waals surface area (Å²) >= 11 is 0. The van der Waals surface area contributed by atoms with Gasteiger partial charge in [0.1, 0.15) is 13.2 Å². The molecule has 64 heavy (non-hydrogen) atoms. The van der Waals surface area contributed by atoms with E-state index in [9.17, 15) is 14.4 Å². The molecule has 0 aliphatic carbocycles. The van der Waals surface area contributed by atoms with Gasteiger partial charge in [-0.1, -0.05) is 199 Å². The maximum absolute atomic E-state index is 12.7. The van der Waals surface area contributed by atoms with Crippen LogP contribution in [0.4, 0.5) is 0 Å². The molecule has 0 aromatic rings. The quantitative estimate of drug-likeness (QED) is 0.0263. The monoisotopic (exact) mass is 883 g/mol. The topological polar surface area (TPSA) is 78.9 Å². The minimum atomic E-state index is -0.863. The first kappa shape index (κ1) is 59.5. The van der Waals surface area contributed by atoms with Crippen molar-refractivity contribution in [1.82, 2.24) is 0 Å². The fourth-order valence-electron chi connectivity index (χ4n) is 6.19. The van der Waals surface area contributed by atoms with Gasteiger partial charge >= 0.3 is 17.9 Å². The molecule has 1 atom stereocenters. The predicted molar refractivity (Wildman–Crippen MR) is 274 cm³/mol. The highest BCUT2D eigenvalue weighted by Crippen LogP contribution is 2.11. The number of esters is 3. The zero-order chi connectivity index (χ0) is 46.5. The lowest BCUT2D eigenvalue weighted by molar-refractivity contribution is -0.166. The molecule has 0 aromatic carbocycles. The summed E-state index contributed by atoms with van der Waals surface area (Å²) in [5.74, 6) is -1.15. The van der Waals surface area contributed by atoms with Crippen LogP contribution in [0, 0.1) is 0 Å². The summed E-state index contributed by atoms with van der Waals surface area (Å²) in [5, 5.41) is 0. The summed E-state index contributed by atoms with van der Waals surface area (Å²) in [6.07, 6.45) is 71.8. The molecule has 0 bridgehead atoms. The van der Waals surface area contributed by atoms with E-state index in [4.69, 9.17) is 14.2 Å². The minimum Gasteiger partial charge on any atom is -0.462 e. The van der Waals surface area contributed by atoms with Crippen molar-refractivity contribution in [3.8, 4) is 0 Å². The van der Waals surface area contributed by atoms with E-state index in [-0.39, 0.29) is 38.0 Å². The molecule has 358 valence electrons. The molecule has 0 rings (SSSR count). The number of hydrogen-bond acceptors (Lipinski definition) is 6. The van der Waals surface area contributed by atoms with E-state index in [2.05, 4.69) is 142 Å². The van der Waals surface area contributed by atoms with E-state index in [1.54, 1.807) is 6.08 Å². The van der Waals surface area contributed by atoms with Crippen LogP contribution < -0.4 is 0 Å². The standard InChI is InChI=1S/C58H90O6/c1-4-7-10-13-16-19-22-25-28-29-31-33-36-39-42-45-48-51-57(60)63-54-55(53-62-56(59)50-47-44-41-38-35-32-27-24-21-18-15-12-9-6-3)64-58(61)52-49-46-43-40-37-34-30-26-23-20-17-14-11-8-5-2/h7-8,10-11,16-17,19-20,24-28,30-31,33,37,39-40,42,46,49,55H,4-6,9,12-15,18,21-23,29,32,34-36,38,41,43-45,47-48,50-54H2,1-3H3/b10-7-,11-8-,19-16-,20-17-,27-24-,28-25-,30-26-,33-31-,40-37-,42-39-,49-46-. The third-order valence-electron chi connectivity index (χ3n) is 9.90. The Labute approximate surface area is 392 Å². The van der Waals surface area contributed by atoms with E-state index in [0.717, 1.165) is 96.3 Å². The molecular weight excluding hydrogens is 793 g/mol. The first-order valence-corrected chi connectivity index (χ1v) is 25.2. The van der Waals surface area contributed by atoms with Crippen LogP contribution in [0.25, 0.3) is 0 Å². The van der Waals surface area contributed by atoms with Gasteiger partial charge in [-0.15, -0.1) is 0 Å². The Morgan fingerprint density at radius 3 is 1.11 bits per heavy atom. The zero-order valence-electron chi connectivity index (χ0n) is 40.7. The summed E-state index contributed by atoms with van der Waals surface area (Å²) in [7, 11) is 0. The number of carbonyl (C=O) groups excluding carboxylic acids is 3. The number of rotatable bonds is 43. The van der Waals surface area contributed by atoms with Gasteiger partial charge in [0.05, 0.1) is 6.42 Å². The highest BCUT2D eigenvalue weighted by atomic mass is 16.6. The Kier molecular flexibility index (Phi) is 47.6. The predicted octanol–water partition coefficient (Wildman–Crippen LogP) is 16.7. The molecule has 0 aliphatic heterocycles. The fourth-order valence-corrected chi connectivity index (χ4v) is 6.19. The molecule has 0 aromatic heterocycles. The number of ether oxygens (including phenoxy) is 3. The second kappa shape index (κ2) is 51.2. The largest absolute Gasteiger partial charge is 0.462 e. The Hall–Kier alpha value is -4.45. The summed E-state index contributed by atoms with van der Waals surface area (Å²) in [5.41, 5.74) is 0. The van der Waals surface area contributed by atoms with Crippen molar-refractivity contribution < 1.29 is 28.6 Å². The van der Waals surface area contributed by atoms with Crippen molar-refractivity contribution >= 4 is 17.9 Å². The van der Waals surface area contributed by atoms with Crippen molar-refractivity contribution in [2.24, 2.45) is 0 Å². The van der Waals surface area contributed by atoms with E-state index < -0.39 is 12.1 Å². The van der Waals surface area contributed by atoms with E-state index in [1.807, 2.05) is 6.08 Å². The molecule has 0 heterocycles. The second-order valence-electron chi connectivity index (χ2n) is 16.0. The van der Waals surface area contributed by atoms with Crippen LogP contribution in [0.3, 0.4) is 0 Å². The van der Waals surface area contributed by atoms with Crippen LogP contribution in [0.2, 0.25) is 0 Å². The lowest BCUT2D eigenvalue weighted by Crippen LogP contribution is -2.30. The van der Waals surface area contributed by atoms with Crippen LogP contribution in [0.1, 0.15) is 194 Å². The Bertz CT molecular complexity index is 1430. The molecule has 6 heteroatoms. The maximum Gasteiger partial charge on any atom is 0.310 e. The number of allylic oxidation sites excluding steroid dienone is 21. The molecule has 0 N–H and O–H groups in total. The number of unbranched alkanes of at least 4 members (excludes halogenated alkanes) is 11. The van der Waals surface area contributed by atoms with E-state index in [0.29, 0.717) is 19.3 Å². The highest BCUT2D eigenvalue weighted by molar-refractivity contribution is 5.72. The molecule has 6 nitrogen and oxygen atoms in total. The van der Waals surface area contributed by atoms with Gasteiger partial charge in [-0.05, 0) is 109 Å². The molecule has 0 spiro atoms. The summed E-state index contributed by atoms with van der Waals surface area (Å²) in [6.45, 7) is 6.23. The van der Waals surface area contributed by atoms with Crippen molar-refractivity contribution in [1.29, 1.82) is 0 Å². The summed E-state index contributed by atoms with van der Waals surface area (Å²) < 4.78 is 16.6. The average Bonchev–Trinajstić information content (AvgIpc) is 3.29. The first-order chi connectivity index (χ1) is 31.5.